The van der Waals surface area contributed by atoms with Gasteiger partial charge in [-0.05, 0) is 18.8 Å². The Bertz CT molecular complexity index is 391. The molecule has 5 heteroatoms. The molecule has 17 heavy (non-hydrogen) atoms. The van der Waals surface area contributed by atoms with Gasteiger partial charge in [0.15, 0.2) is 0 Å². The molecule has 0 aliphatic heterocycles. The standard InChI is InChI=1S/C12H18ClN3O/c1-16-7-11(15-8-16)12(17)14-6-9-4-2-3-5-10(9)13/h7-10H,2-6H2,1H3,(H,14,17). The lowest BCUT2D eigenvalue weighted by Gasteiger charge is -2.26. The van der Waals surface area contributed by atoms with Crippen molar-refractivity contribution in [1.82, 2.24) is 14.9 Å². The number of carbonyl (C=O) groups excluding carboxylic acids is 1. The summed E-state index contributed by atoms with van der Waals surface area (Å²) in [5.41, 5.74) is 0.467. The van der Waals surface area contributed by atoms with Crippen molar-refractivity contribution in [3.05, 3.63) is 18.2 Å². The molecule has 0 spiro atoms. The predicted octanol–water partition coefficient (Wildman–Crippen LogP) is 1.95. The second-order valence-corrected chi connectivity index (χ2v) is 5.26. The fraction of sp³-hybridized carbons (Fsp3) is 0.667. The average molecular weight is 256 g/mol. The van der Waals surface area contributed by atoms with Crippen molar-refractivity contribution in [3.8, 4) is 0 Å². The minimum absolute atomic E-state index is 0.111. The van der Waals surface area contributed by atoms with Crippen molar-refractivity contribution < 1.29 is 4.79 Å². The molecule has 1 aliphatic rings. The van der Waals surface area contributed by atoms with E-state index >= 15 is 0 Å². The molecular weight excluding hydrogens is 238 g/mol. The van der Waals surface area contributed by atoms with Crippen LogP contribution in [0.1, 0.15) is 36.2 Å². The van der Waals surface area contributed by atoms with Gasteiger partial charge in [0.2, 0.25) is 0 Å². The van der Waals surface area contributed by atoms with Crippen molar-refractivity contribution in [2.24, 2.45) is 13.0 Å². The van der Waals surface area contributed by atoms with E-state index in [4.69, 9.17) is 11.6 Å². The highest BCUT2D eigenvalue weighted by Gasteiger charge is 2.23. The summed E-state index contributed by atoms with van der Waals surface area (Å²) in [4.78, 5) is 15.8. The minimum Gasteiger partial charge on any atom is -0.350 e. The van der Waals surface area contributed by atoms with Gasteiger partial charge in [0.25, 0.3) is 5.91 Å². The zero-order chi connectivity index (χ0) is 12.3. The van der Waals surface area contributed by atoms with Crippen LogP contribution >= 0.6 is 11.6 Å². The van der Waals surface area contributed by atoms with E-state index in [2.05, 4.69) is 10.3 Å². The van der Waals surface area contributed by atoms with Crippen LogP contribution in [0, 0.1) is 5.92 Å². The molecule has 1 aromatic heterocycles. The van der Waals surface area contributed by atoms with Crippen LogP contribution in [-0.2, 0) is 7.05 Å². The van der Waals surface area contributed by atoms with Gasteiger partial charge in [0, 0.05) is 25.2 Å². The normalized spacial score (nSPS) is 24.6. The zero-order valence-electron chi connectivity index (χ0n) is 10.0. The highest BCUT2D eigenvalue weighted by atomic mass is 35.5. The van der Waals surface area contributed by atoms with Gasteiger partial charge in [0.05, 0.1) is 6.33 Å². The molecule has 0 aromatic carbocycles. The molecule has 1 saturated carbocycles. The molecule has 2 rings (SSSR count). The zero-order valence-corrected chi connectivity index (χ0v) is 10.8. The second-order valence-electron chi connectivity index (χ2n) is 4.69. The highest BCUT2D eigenvalue weighted by Crippen LogP contribution is 2.27. The summed E-state index contributed by atoms with van der Waals surface area (Å²) >= 11 is 6.25. The quantitative estimate of drug-likeness (QED) is 0.840. The molecule has 1 aliphatic carbocycles. The van der Waals surface area contributed by atoms with E-state index in [9.17, 15) is 4.79 Å². The number of halogens is 1. The Morgan fingerprint density at radius 2 is 2.35 bits per heavy atom. The molecule has 1 amide bonds. The molecule has 1 aromatic rings. The van der Waals surface area contributed by atoms with Gasteiger partial charge in [0.1, 0.15) is 5.69 Å². The summed E-state index contributed by atoms with van der Waals surface area (Å²) in [5, 5.41) is 3.11. The summed E-state index contributed by atoms with van der Waals surface area (Å²) in [6.45, 7) is 0.656. The molecule has 2 atom stereocenters. The fourth-order valence-electron chi connectivity index (χ4n) is 2.24. The topological polar surface area (TPSA) is 46.9 Å². The van der Waals surface area contributed by atoms with Gasteiger partial charge in [-0.2, -0.15) is 0 Å². The molecule has 1 N–H and O–H groups in total. The number of hydrogen-bond donors (Lipinski definition) is 1. The Kier molecular flexibility index (Phi) is 4.05. The molecule has 94 valence electrons. The Morgan fingerprint density at radius 1 is 1.59 bits per heavy atom. The number of nitrogens with one attached hydrogen (secondary N) is 1. The first kappa shape index (κ1) is 12.4. The van der Waals surface area contributed by atoms with E-state index in [1.807, 2.05) is 7.05 Å². The number of rotatable bonds is 3. The van der Waals surface area contributed by atoms with Crippen LogP contribution in [-0.4, -0.2) is 27.4 Å². The number of aromatic nitrogens is 2. The van der Waals surface area contributed by atoms with Crippen molar-refractivity contribution >= 4 is 17.5 Å². The van der Waals surface area contributed by atoms with E-state index < -0.39 is 0 Å². The van der Waals surface area contributed by atoms with Crippen LogP contribution in [0.15, 0.2) is 12.5 Å². The van der Waals surface area contributed by atoms with Crippen LogP contribution in [0.4, 0.5) is 0 Å². The van der Waals surface area contributed by atoms with Crippen molar-refractivity contribution in [2.45, 2.75) is 31.1 Å². The van der Waals surface area contributed by atoms with E-state index in [0.29, 0.717) is 18.2 Å². The Labute approximate surface area is 106 Å². The van der Waals surface area contributed by atoms with Crippen LogP contribution in [0.25, 0.3) is 0 Å². The van der Waals surface area contributed by atoms with Crippen molar-refractivity contribution in [2.75, 3.05) is 6.54 Å². The summed E-state index contributed by atoms with van der Waals surface area (Å²) in [6, 6.07) is 0. The smallest absolute Gasteiger partial charge is 0.271 e. The number of nitrogens with zero attached hydrogens (tertiary/aromatic N) is 2. The molecule has 1 fully saturated rings. The maximum absolute atomic E-state index is 11.8. The molecule has 4 nitrogen and oxygen atoms in total. The van der Waals surface area contributed by atoms with Crippen LogP contribution in [0.5, 0.6) is 0 Å². The number of carbonyl (C=O) groups is 1. The van der Waals surface area contributed by atoms with Crippen LogP contribution < -0.4 is 5.32 Å². The van der Waals surface area contributed by atoms with Gasteiger partial charge < -0.3 is 9.88 Å². The number of amides is 1. The Morgan fingerprint density at radius 3 is 3.00 bits per heavy atom. The van der Waals surface area contributed by atoms with Gasteiger partial charge in [-0.1, -0.05) is 12.8 Å². The predicted molar refractivity (Wildman–Crippen MR) is 67.1 cm³/mol. The number of aryl methyl sites for hydroxylation is 1. The third-order valence-corrected chi connectivity index (χ3v) is 3.85. The second kappa shape index (κ2) is 5.54. The number of alkyl halides is 1. The van der Waals surface area contributed by atoms with Gasteiger partial charge in [-0.25, -0.2) is 4.98 Å². The molecule has 0 saturated heterocycles. The van der Waals surface area contributed by atoms with E-state index in [0.717, 1.165) is 12.8 Å². The fourth-order valence-corrected chi connectivity index (χ4v) is 2.61. The SMILES string of the molecule is Cn1cnc(C(=O)NCC2CCCCC2Cl)c1. The van der Waals surface area contributed by atoms with Crippen molar-refractivity contribution in [3.63, 3.8) is 0 Å². The van der Waals surface area contributed by atoms with Gasteiger partial charge in [-0.15, -0.1) is 11.6 Å². The number of imidazole rings is 1. The van der Waals surface area contributed by atoms with Crippen LogP contribution in [0.2, 0.25) is 0 Å². The summed E-state index contributed by atoms with van der Waals surface area (Å²) in [5.74, 6) is 0.290. The van der Waals surface area contributed by atoms with Crippen molar-refractivity contribution in [1.29, 1.82) is 0 Å². The summed E-state index contributed by atoms with van der Waals surface area (Å²) in [7, 11) is 1.85. The largest absolute Gasteiger partial charge is 0.350 e. The van der Waals surface area contributed by atoms with E-state index in [1.54, 1.807) is 17.1 Å². The Balaban J connectivity index is 1.83. The summed E-state index contributed by atoms with van der Waals surface area (Å²) in [6.07, 6.45) is 7.93. The van der Waals surface area contributed by atoms with Gasteiger partial charge >= 0.3 is 0 Å². The molecule has 0 radical (unpaired) electrons. The maximum atomic E-state index is 11.8. The van der Waals surface area contributed by atoms with E-state index in [-0.39, 0.29) is 11.3 Å². The third-order valence-electron chi connectivity index (χ3n) is 3.28. The lowest BCUT2D eigenvalue weighted by molar-refractivity contribution is 0.0939. The van der Waals surface area contributed by atoms with E-state index in [1.165, 1.54) is 12.8 Å². The maximum Gasteiger partial charge on any atom is 0.271 e. The lowest BCUT2D eigenvalue weighted by Crippen LogP contribution is -2.34. The first-order chi connectivity index (χ1) is 8.16. The molecule has 1 heterocycles. The average Bonchev–Trinajstić information content (AvgIpc) is 2.74. The van der Waals surface area contributed by atoms with Crippen LogP contribution in [0.3, 0.4) is 0 Å². The molecular formula is C12H18ClN3O. The molecule has 2 unspecified atom stereocenters. The first-order valence-electron chi connectivity index (χ1n) is 6.07. The monoisotopic (exact) mass is 255 g/mol. The minimum atomic E-state index is -0.111. The third kappa shape index (κ3) is 3.22. The molecule has 0 bridgehead atoms. The highest BCUT2D eigenvalue weighted by molar-refractivity contribution is 6.20. The van der Waals surface area contributed by atoms with Gasteiger partial charge in [-0.3, -0.25) is 4.79 Å². The number of hydrogen-bond acceptors (Lipinski definition) is 2. The Hall–Kier alpha value is -1.03. The lowest BCUT2D eigenvalue weighted by atomic mass is 9.89. The first-order valence-corrected chi connectivity index (χ1v) is 6.50. The summed E-state index contributed by atoms with van der Waals surface area (Å²) < 4.78 is 1.76.